The lowest BCUT2D eigenvalue weighted by atomic mass is 9.82. The van der Waals surface area contributed by atoms with E-state index in [1.807, 2.05) is 30.3 Å². The monoisotopic (exact) mass is 419 g/mol. The van der Waals surface area contributed by atoms with E-state index >= 15 is 0 Å². The van der Waals surface area contributed by atoms with Crippen molar-refractivity contribution in [1.29, 1.82) is 0 Å². The molecule has 0 aromatic heterocycles. The summed E-state index contributed by atoms with van der Waals surface area (Å²) in [5.74, 6) is -0.921. The van der Waals surface area contributed by atoms with E-state index in [0.29, 0.717) is 0 Å². The third-order valence-electron chi connectivity index (χ3n) is 6.46. The summed E-state index contributed by atoms with van der Waals surface area (Å²) in [6, 6.07) is 30.6. The molecule has 4 aromatic rings. The van der Waals surface area contributed by atoms with E-state index in [4.69, 9.17) is 0 Å². The zero-order chi connectivity index (χ0) is 22.5. The predicted octanol–water partition coefficient (Wildman–Crippen LogP) is 7.47. The van der Waals surface area contributed by atoms with Crippen LogP contribution in [0.3, 0.4) is 0 Å². The lowest BCUT2D eigenvalue weighted by Gasteiger charge is -2.28. The first-order valence-corrected chi connectivity index (χ1v) is 10.8. The highest BCUT2D eigenvalue weighted by Gasteiger charge is 2.36. The van der Waals surface area contributed by atoms with E-state index in [1.165, 1.54) is 27.8 Å². The Balaban J connectivity index is 1.66. The highest BCUT2D eigenvalue weighted by atomic mass is 16.4. The molecule has 32 heavy (non-hydrogen) atoms. The second kappa shape index (κ2) is 7.38. The third kappa shape index (κ3) is 3.18. The number of hydrogen-bond acceptors (Lipinski definition) is 2. The third-order valence-corrected chi connectivity index (χ3v) is 6.46. The summed E-state index contributed by atoms with van der Waals surface area (Å²) >= 11 is 0. The van der Waals surface area contributed by atoms with Crippen LogP contribution in [0, 0.1) is 6.92 Å². The fourth-order valence-electron chi connectivity index (χ4n) is 4.76. The van der Waals surface area contributed by atoms with Crippen LogP contribution < -0.4 is 4.90 Å². The van der Waals surface area contributed by atoms with Gasteiger partial charge in [-0.2, -0.15) is 0 Å². The molecule has 3 nitrogen and oxygen atoms in total. The summed E-state index contributed by atoms with van der Waals surface area (Å²) in [6.45, 7) is 6.72. The van der Waals surface area contributed by atoms with Crippen LogP contribution in [0.25, 0.3) is 11.1 Å². The molecule has 0 amide bonds. The van der Waals surface area contributed by atoms with Crippen LogP contribution in [-0.4, -0.2) is 11.1 Å². The van der Waals surface area contributed by atoms with Gasteiger partial charge in [-0.25, -0.2) is 4.79 Å². The Morgan fingerprint density at radius 1 is 0.719 bits per heavy atom. The second-order valence-electron chi connectivity index (χ2n) is 8.93. The lowest BCUT2D eigenvalue weighted by Crippen LogP contribution is -2.16. The van der Waals surface area contributed by atoms with E-state index in [-0.39, 0.29) is 11.0 Å². The minimum Gasteiger partial charge on any atom is -0.478 e. The number of hydrogen-bond donors (Lipinski definition) is 1. The summed E-state index contributed by atoms with van der Waals surface area (Å²) in [6.07, 6.45) is 0. The first-order valence-electron chi connectivity index (χ1n) is 10.8. The fourth-order valence-corrected chi connectivity index (χ4v) is 4.76. The van der Waals surface area contributed by atoms with Gasteiger partial charge >= 0.3 is 5.97 Å². The van der Waals surface area contributed by atoms with E-state index in [0.717, 1.165) is 17.1 Å². The fraction of sp³-hybridized carbons (Fsp3) is 0.138. The van der Waals surface area contributed by atoms with Crippen LogP contribution in [0.1, 0.15) is 40.9 Å². The second-order valence-corrected chi connectivity index (χ2v) is 8.93. The quantitative estimate of drug-likeness (QED) is 0.373. The van der Waals surface area contributed by atoms with E-state index in [1.54, 1.807) is 12.1 Å². The summed E-state index contributed by atoms with van der Waals surface area (Å²) in [4.78, 5) is 13.5. The molecule has 0 atom stereocenters. The minimum absolute atomic E-state index is 0.0950. The molecule has 0 radical (unpaired) electrons. The normalized spacial score (nSPS) is 13.3. The molecule has 4 aromatic carbocycles. The summed E-state index contributed by atoms with van der Waals surface area (Å²) in [7, 11) is 0. The van der Waals surface area contributed by atoms with Crippen molar-refractivity contribution >= 4 is 23.0 Å². The van der Waals surface area contributed by atoms with Gasteiger partial charge in [0.2, 0.25) is 0 Å². The zero-order valence-corrected chi connectivity index (χ0v) is 18.5. The molecule has 0 heterocycles. The van der Waals surface area contributed by atoms with Crippen molar-refractivity contribution in [3.8, 4) is 11.1 Å². The van der Waals surface area contributed by atoms with Gasteiger partial charge in [0, 0.05) is 22.5 Å². The molecule has 0 unspecified atom stereocenters. The molecule has 5 rings (SSSR count). The number of para-hydroxylation sites is 1. The average molecular weight is 420 g/mol. The lowest BCUT2D eigenvalue weighted by molar-refractivity contribution is 0.0697. The number of benzene rings is 4. The number of rotatable bonds is 4. The Bertz CT molecular complexity index is 1320. The molecule has 0 aliphatic heterocycles. The van der Waals surface area contributed by atoms with E-state index < -0.39 is 5.97 Å². The number of carboxylic acid groups (broad SMARTS) is 1. The van der Waals surface area contributed by atoms with Crippen LogP contribution in [0.15, 0.2) is 91.0 Å². The Hall–Kier alpha value is -3.85. The van der Waals surface area contributed by atoms with Gasteiger partial charge < -0.3 is 10.0 Å². The molecular weight excluding hydrogens is 394 g/mol. The van der Waals surface area contributed by atoms with Gasteiger partial charge in [-0.05, 0) is 77.7 Å². The number of aromatic carboxylic acids is 1. The summed E-state index contributed by atoms with van der Waals surface area (Å²) in [5.41, 5.74) is 9.71. The van der Waals surface area contributed by atoms with Gasteiger partial charge in [0.05, 0.1) is 5.56 Å². The molecule has 1 aliphatic carbocycles. The van der Waals surface area contributed by atoms with E-state index in [9.17, 15) is 9.90 Å². The molecule has 0 bridgehead atoms. The van der Waals surface area contributed by atoms with Crippen LogP contribution >= 0.6 is 0 Å². The van der Waals surface area contributed by atoms with Gasteiger partial charge in [0.25, 0.3) is 0 Å². The van der Waals surface area contributed by atoms with Crippen molar-refractivity contribution < 1.29 is 9.90 Å². The molecule has 0 saturated heterocycles. The maximum Gasteiger partial charge on any atom is 0.335 e. The summed E-state index contributed by atoms with van der Waals surface area (Å²) < 4.78 is 0. The Morgan fingerprint density at radius 3 is 1.94 bits per heavy atom. The van der Waals surface area contributed by atoms with Crippen molar-refractivity contribution in [1.82, 2.24) is 0 Å². The zero-order valence-electron chi connectivity index (χ0n) is 18.5. The largest absolute Gasteiger partial charge is 0.478 e. The van der Waals surface area contributed by atoms with Crippen molar-refractivity contribution in [2.75, 3.05) is 4.90 Å². The van der Waals surface area contributed by atoms with Gasteiger partial charge in [-0.3, -0.25) is 0 Å². The number of anilines is 3. The minimum atomic E-state index is -0.921. The molecule has 0 spiro atoms. The number of aryl methyl sites for hydroxylation is 1. The molecule has 3 heteroatoms. The molecule has 0 saturated carbocycles. The van der Waals surface area contributed by atoms with Crippen molar-refractivity contribution in [3.05, 3.63) is 113 Å². The molecule has 1 aliphatic rings. The van der Waals surface area contributed by atoms with Crippen molar-refractivity contribution in [3.63, 3.8) is 0 Å². The smallest absolute Gasteiger partial charge is 0.335 e. The maximum absolute atomic E-state index is 11.3. The Kier molecular flexibility index (Phi) is 4.63. The van der Waals surface area contributed by atoms with Gasteiger partial charge in [-0.1, -0.05) is 61.9 Å². The van der Waals surface area contributed by atoms with Crippen LogP contribution in [0.2, 0.25) is 0 Å². The standard InChI is InChI=1S/C29H25NO2/c1-19-9-15-24-25-16-14-23(18-27(25)29(2,3)26(24)17-19)30(21-7-5-4-6-8-21)22-12-10-20(11-13-22)28(31)32/h4-18H,1-3H3,(H,31,32). The average Bonchev–Trinajstić information content (AvgIpc) is 3.01. The summed E-state index contributed by atoms with van der Waals surface area (Å²) in [5, 5.41) is 9.30. The highest BCUT2D eigenvalue weighted by molar-refractivity contribution is 5.89. The highest BCUT2D eigenvalue weighted by Crippen LogP contribution is 2.50. The van der Waals surface area contributed by atoms with Crippen molar-refractivity contribution in [2.45, 2.75) is 26.2 Å². The van der Waals surface area contributed by atoms with Crippen molar-refractivity contribution in [2.24, 2.45) is 0 Å². The van der Waals surface area contributed by atoms with Crippen LogP contribution in [-0.2, 0) is 5.41 Å². The number of fused-ring (bicyclic) bond motifs is 3. The topological polar surface area (TPSA) is 40.5 Å². The first kappa shape index (κ1) is 20.1. The first-order chi connectivity index (χ1) is 15.4. The molecular formula is C29H25NO2. The Labute approximate surface area is 188 Å². The number of carbonyl (C=O) groups is 1. The van der Waals surface area contributed by atoms with Crippen LogP contribution in [0.5, 0.6) is 0 Å². The van der Waals surface area contributed by atoms with E-state index in [2.05, 4.69) is 74.2 Å². The number of carboxylic acids is 1. The van der Waals surface area contributed by atoms with Gasteiger partial charge in [-0.15, -0.1) is 0 Å². The molecule has 1 N–H and O–H groups in total. The maximum atomic E-state index is 11.3. The SMILES string of the molecule is Cc1ccc2c(c1)C(C)(C)c1cc(N(c3ccccc3)c3ccc(C(=O)O)cc3)ccc1-2. The predicted molar refractivity (Wildman–Crippen MR) is 130 cm³/mol. The Morgan fingerprint density at radius 2 is 1.28 bits per heavy atom. The van der Waals surface area contributed by atoms with Crippen LogP contribution in [0.4, 0.5) is 17.1 Å². The number of nitrogens with zero attached hydrogens (tertiary/aromatic N) is 1. The molecule has 0 fully saturated rings. The van der Waals surface area contributed by atoms with Gasteiger partial charge in [0.1, 0.15) is 0 Å². The molecule has 158 valence electrons. The van der Waals surface area contributed by atoms with Gasteiger partial charge in [0.15, 0.2) is 0 Å².